The van der Waals surface area contributed by atoms with Crippen molar-refractivity contribution in [2.24, 2.45) is 0 Å². The first-order valence-corrected chi connectivity index (χ1v) is 2.21. The lowest BCUT2D eigenvalue weighted by Crippen LogP contribution is -2.09. The van der Waals surface area contributed by atoms with E-state index in [0.29, 0.717) is 5.69 Å². The molecule has 0 amide bonds. The number of nitrogens with two attached hydrogens (primary N) is 1. The summed E-state index contributed by atoms with van der Waals surface area (Å²) in [4.78, 5) is 3.67. The van der Waals surface area contributed by atoms with Gasteiger partial charge in [-0.25, -0.2) is 4.98 Å². The molecule has 0 saturated heterocycles. The number of rotatable bonds is 1. The summed E-state index contributed by atoms with van der Waals surface area (Å²) < 4.78 is 1.28. The van der Waals surface area contributed by atoms with Crippen LogP contribution in [-0.2, 0) is 6.61 Å². The molecule has 1 aromatic rings. The van der Waals surface area contributed by atoms with E-state index in [0.717, 1.165) is 0 Å². The highest BCUT2D eigenvalue weighted by Crippen LogP contribution is 1.90. The van der Waals surface area contributed by atoms with Gasteiger partial charge in [-0.05, 0) is 0 Å². The lowest BCUT2D eigenvalue weighted by Gasteiger charge is -1.92. The predicted molar refractivity (Wildman–Crippen MR) is 28.3 cm³/mol. The molecule has 3 N–H and O–H groups in total. The van der Waals surface area contributed by atoms with E-state index in [4.69, 9.17) is 10.9 Å². The third-order valence-electron chi connectivity index (χ3n) is 0.908. The van der Waals surface area contributed by atoms with Gasteiger partial charge in [0.2, 0.25) is 0 Å². The molecule has 0 spiro atoms. The normalized spacial score (nSPS) is 9.62. The zero-order valence-corrected chi connectivity index (χ0v) is 4.28. The molecule has 4 nitrogen and oxygen atoms in total. The van der Waals surface area contributed by atoms with Gasteiger partial charge in [0.05, 0.1) is 18.5 Å². The second-order valence-electron chi connectivity index (χ2n) is 1.45. The second kappa shape index (κ2) is 1.83. The number of nitrogen functional groups attached to an aromatic ring is 1. The Morgan fingerprint density at radius 2 is 2.62 bits per heavy atom. The van der Waals surface area contributed by atoms with Gasteiger partial charge in [0.25, 0.3) is 0 Å². The molecular formula is C4H7N3O. The van der Waals surface area contributed by atoms with Crippen LogP contribution >= 0.6 is 0 Å². The predicted octanol–water partition coefficient (Wildman–Crippen LogP) is -0.911. The lowest BCUT2D eigenvalue weighted by molar-refractivity contribution is 0.274. The fourth-order valence-corrected chi connectivity index (χ4v) is 0.454. The standard InChI is InChI=1S/C4H7N3O/c5-7-3-6-1-4(7)2-8/h1,3,8H,2,5H2. The second-order valence-corrected chi connectivity index (χ2v) is 1.45. The van der Waals surface area contributed by atoms with Crippen molar-refractivity contribution in [2.45, 2.75) is 6.61 Å². The van der Waals surface area contributed by atoms with Crippen LogP contribution in [-0.4, -0.2) is 14.8 Å². The molecule has 0 unspecified atom stereocenters. The third-order valence-corrected chi connectivity index (χ3v) is 0.908. The minimum absolute atomic E-state index is 0.0590. The average Bonchev–Trinajstić information content (AvgIpc) is 2.14. The van der Waals surface area contributed by atoms with E-state index in [1.54, 1.807) is 0 Å². The maximum atomic E-state index is 8.47. The van der Waals surface area contributed by atoms with Gasteiger partial charge in [0.15, 0.2) is 0 Å². The molecular weight excluding hydrogens is 106 g/mol. The third kappa shape index (κ3) is 0.651. The van der Waals surface area contributed by atoms with Gasteiger partial charge in [-0.2, -0.15) is 0 Å². The molecule has 0 atom stereocenters. The molecule has 4 heteroatoms. The molecule has 0 bridgehead atoms. The topological polar surface area (TPSA) is 64.1 Å². The highest BCUT2D eigenvalue weighted by molar-refractivity contribution is 4.95. The Kier molecular flexibility index (Phi) is 1.17. The Labute approximate surface area is 46.5 Å². The van der Waals surface area contributed by atoms with E-state index >= 15 is 0 Å². The van der Waals surface area contributed by atoms with E-state index in [-0.39, 0.29) is 6.61 Å². The summed E-state index contributed by atoms with van der Waals surface area (Å²) in [6.07, 6.45) is 2.95. The molecule has 0 aliphatic carbocycles. The number of aromatic nitrogens is 2. The Balaban J connectivity index is 2.92. The molecule has 8 heavy (non-hydrogen) atoms. The smallest absolute Gasteiger partial charge is 0.114 e. The number of aliphatic hydroxyl groups excluding tert-OH is 1. The van der Waals surface area contributed by atoms with Crippen molar-refractivity contribution in [2.75, 3.05) is 5.84 Å². The van der Waals surface area contributed by atoms with Crippen LogP contribution in [0.4, 0.5) is 0 Å². The minimum Gasteiger partial charge on any atom is -0.390 e. The molecule has 0 aliphatic heterocycles. The first-order valence-electron chi connectivity index (χ1n) is 2.21. The van der Waals surface area contributed by atoms with Crippen LogP contribution < -0.4 is 5.84 Å². The van der Waals surface area contributed by atoms with Crippen molar-refractivity contribution >= 4 is 0 Å². The Bertz CT molecular complexity index is 172. The SMILES string of the molecule is Nn1cncc1CO. The zero-order chi connectivity index (χ0) is 5.98. The fourth-order valence-electron chi connectivity index (χ4n) is 0.454. The molecule has 44 valence electrons. The van der Waals surface area contributed by atoms with Crippen LogP contribution in [0.1, 0.15) is 5.69 Å². The highest BCUT2D eigenvalue weighted by atomic mass is 16.3. The van der Waals surface area contributed by atoms with E-state index in [2.05, 4.69) is 4.98 Å². The number of nitrogens with zero attached hydrogens (tertiary/aromatic N) is 2. The largest absolute Gasteiger partial charge is 0.390 e. The maximum absolute atomic E-state index is 8.47. The van der Waals surface area contributed by atoms with Crippen LogP contribution in [0.2, 0.25) is 0 Å². The maximum Gasteiger partial charge on any atom is 0.114 e. The van der Waals surface area contributed by atoms with Crippen LogP contribution in [0, 0.1) is 0 Å². The van der Waals surface area contributed by atoms with Crippen molar-refractivity contribution in [3.8, 4) is 0 Å². The van der Waals surface area contributed by atoms with Gasteiger partial charge in [-0.15, -0.1) is 0 Å². The van der Waals surface area contributed by atoms with Gasteiger partial charge >= 0.3 is 0 Å². The van der Waals surface area contributed by atoms with Crippen molar-refractivity contribution in [3.63, 3.8) is 0 Å². The quantitative estimate of drug-likeness (QED) is 0.463. The lowest BCUT2D eigenvalue weighted by atomic mass is 10.5. The summed E-state index contributed by atoms with van der Waals surface area (Å²) in [6, 6.07) is 0. The van der Waals surface area contributed by atoms with Gasteiger partial charge in [-0.3, -0.25) is 4.68 Å². The van der Waals surface area contributed by atoms with Crippen LogP contribution in [0.5, 0.6) is 0 Å². The summed E-state index contributed by atoms with van der Waals surface area (Å²) in [5.41, 5.74) is 0.616. The molecule has 0 saturated carbocycles. The first kappa shape index (κ1) is 5.11. The zero-order valence-electron chi connectivity index (χ0n) is 4.28. The van der Waals surface area contributed by atoms with E-state index in [9.17, 15) is 0 Å². The molecule has 0 fully saturated rings. The van der Waals surface area contributed by atoms with Crippen LogP contribution in [0.15, 0.2) is 12.5 Å². The summed E-state index contributed by atoms with van der Waals surface area (Å²) in [6.45, 7) is -0.0590. The summed E-state index contributed by atoms with van der Waals surface area (Å²) in [5, 5.41) is 8.47. The van der Waals surface area contributed by atoms with Gasteiger partial charge < -0.3 is 10.9 Å². The number of hydrogen-bond donors (Lipinski definition) is 2. The molecule has 0 radical (unpaired) electrons. The molecule has 0 aliphatic rings. The van der Waals surface area contributed by atoms with Crippen molar-refractivity contribution in [3.05, 3.63) is 18.2 Å². The Morgan fingerprint density at radius 1 is 1.88 bits per heavy atom. The van der Waals surface area contributed by atoms with E-state index in [1.807, 2.05) is 0 Å². The summed E-state index contributed by atoms with van der Waals surface area (Å²) in [5.74, 6) is 5.25. The molecule has 0 aromatic carbocycles. The fraction of sp³-hybridized carbons (Fsp3) is 0.250. The minimum atomic E-state index is -0.0590. The highest BCUT2D eigenvalue weighted by Gasteiger charge is 1.92. The first-order chi connectivity index (χ1) is 3.84. The van der Waals surface area contributed by atoms with Crippen LogP contribution in [0.3, 0.4) is 0 Å². The van der Waals surface area contributed by atoms with Crippen LogP contribution in [0.25, 0.3) is 0 Å². The van der Waals surface area contributed by atoms with Crippen molar-refractivity contribution in [1.82, 2.24) is 9.66 Å². The number of imidazole rings is 1. The Morgan fingerprint density at radius 3 is 2.88 bits per heavy atom. The number of aliphatic hydroxyl groups is 1. The summed E-state index contributed by atoms with van der Waals surface area (Å²) in [7, 11) is 0. The van der Waals surface area contributed by atoms with E-state index < -0.39 is 0 Å². The average molecular weight is 113 g/mol. The monoisotopic (exact) mass is 113 g/mol. The van der Waals surface area contributed by atoms with Gasteiger partial charge in [0.1, 0.15) is 6.33 Å². The van der Waals surface area contributed by atoms with E-state index in [1.165, 1.54) is 17.2 Å². The summed E-state index contributed by atoms with van der Waals surface area (Å²) >= 11 is 0. The Hall–Kier alpha value is -1.03. The van der Waals surface area contributed by atoms with Gasteiger partial charge in [-0.1, -0.05) is 0 Å². The van der Waals surface area contributed by atoms with Crippen molar-refractivity contribution in [1.29, 1.82) is 0 Å². The molecule has 1 rings (SSSR count). The van der Waals surface area contributed by atoms with Gasteiger partial charge in [0, 0.05) is 0 Å². The van der Waals surface area contributed by atoms with Crippen molar-refractivity contribution < 1.29 is 5.11 Å². The molecule has 1 heterocycles. The molecule has 1 aromatic heterocycles. The number of hydrogen-bond acceptors (Lipinski definition) is 3.